The Hall–Kier alpha value is -2.96. The van der Waals surface area contributed by atoms with Crippen LogP contribution in [0.25, 0.3) is 0 Å². The van der Waals surface area contributed by atoms with Gasteiger partial charge in [-0.2, -0.15) is 0 Å². The van der Waals surface area contributed by atoms with E-state index in [-0.39, 0.29) is 12.1 Å². The Balaban J connectivity index is 1.56. The maximum absolute atomic E-state index is 13.0. The van der Waals surface area contributed by atoms with Crippen molar-refractivity contribution in [2.45, 2.75) is 6.04 Å². The number of pyridine rings is 1. The fourth-order valence-electron chi connectivity index (χ4n) is 4.01. The first-order valence-electron chi connectivity index (χ1n) is 12.9. The van der Waals surface area contributed by atoms with Crippen molar-refractivity contribution in [1.82, 2.24) is 15.2 Å². The monoisotopic (exact) mass is 531 g/mol. The van der Waals surface area contributed by atoms with Crippen molar-refractivity contribution >= 4 is 17.4 Å². The van der Waals surface area contributed by atoms with Crippen LogP contribution in [0.2, 0.25) is 0 Å². The van der Waals surface area contributed by atoms with Crippen molar-refractivity contribution < 1.29 is 28.5 Å². The van der Waals surface area contributed by atoms with Crippen LogP contribution in [0, 0.1) is 0 Å². The molecular weight excluding hydrogens is 490 g/mol. The van der Waals surface area contributed by atoms with E-state index in [0.29, 0.717) is 70.8 Å². The largest absolute Gasteiger partial charge is 0.491 e. The summed E-state index contributed by atoms with van der Waals surface area (Å²) in [4.78, 5) is 21.3. The zero-order valence-corrected chi connectivity index (χ0v) is 22.7. The number of carbonyl (C=O) groups excluding carboxylic acids is 1. The average molecular weight is 532 g/mol. The van der Waals surface area contributed by atoms with Gasteiger partial charge in [-0.05, 0) is 43.9 Å². The number of hydrogen-bond acceptors (Lipinski definition) is 9. The highest BCUT2D eigenvalue weighted by Crippen LogP contribution is 2.31. The third kappa shape index (κ3) is 10.1. The number of anilines is 2. The van der Waals surface area contributed by atoms with Gasteiger partial charge in [0.05, 0.1) is 63.7 Å². The first kappa shape index (κ1) is 29.6. The summed E-state index contributed by atoms with van der Waals surface area (Å²) in [6.45, 7) is 6.18. The van der Waals surface area contributed by atoms with Crippen molar-refractivity contribution in [3.05, 3.63) is 48.3 Å². The standard InChI is InChI=1S/C27H41N5O6/c1-31(2)26(22-6-8-28-9-7-22)21-29-27(33)30-24-20-23(4-5-25(24)32-10-12-35-13-11-32)38-19-18-37-17-16-36-15-14-34-3/h4-9,20,26H,10-19,21H2,1-3H3,(H2,29,30,33). The van der Waals surface area contributed by atoms with E-state index in [9.17, 15) is 4.79 Å². The van der Waals surface area contributed by atoms with Gasteiger partial charge in [0.15, 0.2) is 0 Å². The molecule has 0 aliphatic carbocycles. The number of ether oxygens (including phenoxy) is 5. The molecule has 1 aromatic heterocycles. The molecule has 0 radical (unpaired) electrons. The maximum atomic E-state index is 13.0. The number of urea groups is 1. The van der Waals surface area contributed by atoms with Gasteiger partial charge in [-0.25, -0.2) is 4.79 Å². The molecule has 11 nitrogen and oxygen atoms in total. The van der Waals surface area contributed by atoms with Gasteiger partial charge in [0, 0.05) is 45.2 Å². The summed E-state index contributed by atoms with van der Waals surface area (Å²) >= 11 is 0. The van der Waals surface area contributed by atoms with E-state index >= 15 is 0 Å². The summed E-state index contributed by atoms with van der Waals surface area (Å²) in [5.74, 6) is 0.653. The lowest BCUT2D eigenvalue weighted by molar-refractivity contribution is 0.0180. The quantitative estimate of drug-likeness (QED) is 0.316. The van der Waals surface area contributed by atoms with Crippen molar-refractivity contribution in [3.63, 3.8) is 0 Å². The van der Waals surface area contributed by atoms with Crippen LogP contribution in [0.3, 0.4) is 0 Å². The molecule has 0 bridgehead atoms. The molecule has 1 saturated heterocycles. The lowest BCUT2D eigenvalue weighted by atomic mass is 10.1. The van der Waals surface area contributed by atoms with Crippen LogP contribution in [-0.2, 0) is 18.9 Å². The highest BCUT2D eigenvalue weighted by Gasteiger charge is 2.19. The number of rotatable bonds is 16. The van der Waals surface area contributed by atoms with Gasteiger partial charge in [-0.1, -0.05) is 0 Å². The summed E-state index contributed by atoms with van der Waals surface area (Å²) in [7, 11) is 5.61. The highest BCUT2D eigenvalue weighted by molar-refractivity contribution is 5.93. The number of hydrogen-bond donors (Lipinski definition) is 2. The number of nitrogens with one attached hydrogen (secondary N) is 2. The molecule has 1 fully saturated rings. The van der Waals surface area contributed by atoms with E-state index in [1.54, 1.807) is 19.5 Å². The predicted molar refractivity (Wildman–Crippen MR) is 146 cm³/mol. The SMILES string of the molecule is COCCOCCOCCOc1ccc(N2CCOCC2)c(NC(=O)NCC(c2ccncc2)N(C)C)c1. The van der Waals surface area contributed by atoms with Crippen LogP contribution in [0.5, 0.6) is 5.75 Å². The average Bonchev–Trinajstić information content (AvgIpc) is 2.93. The number of methoxy groups -OCH3 is 1. The minimum absolute atomic E-state index is 0.0162. The molecule has 210 valence electrons. The van der Waals surface area contributed by atoms with E-state index < -0.39 is 0 Å². The summed E-state index contributed by atoms with van der Waals surface area (Å²) in [5.41, 5.74) is 2.69. The van der Waals surface area contributed by atoms with Crippen molar-refractivity contribution in [1.29, 1.82) is 0 Å². The lowest BCUT2D eigenvalue weighted by Gasteiger charge is -2.31. The first-order valence-corrected chi connectivity index (χ1v) is 12.9. The second kappa shape index (κ2) is 16.8. The molecule has 1 unspecified atom stereocenters. The molecule has 2 N–H and O–H groups in total. The Morgan fingerprint density at radius 1 is 1.03 bits per heavy atom. The number of aromatic nitrogens is 1. The number of nitrogens with zero attached hydrogens (tertiary/aromatic N) is 3. The Labute approximate surface area is 225 Å². The van der Waals surface area contributed by atoms with E-state index in [1.165, 1.54) is 0 Å². The van der Waals surface area contributed by atoms with E-state index in [0.717, 1.165) is 24.3 Å². The third-order valence-corrected chi connectivity index (χ3v) is 6.04. The summed E-state index contributed by atoms with van der Waals surface area (Å²) in [5, 5.41) is 6.04. The molecule has 11 heteroatoms. The van der Waals surface area contributed by atoms with Gasteiger partial charge in [-0.15, -0.1) is 0 Å². The summed E-state index contributed by atoms with van der Waals surface area (Å²) < 4.78 is 27.3. The number of carbonyl (C=O) groups is 1. The molecule has 2 heterocycles. The van der Waals surface area contributed by atoms with Crippen molar-refractivity contribution in [2.75, 3.05) is 104 Å². The molecule has 2 aromatic rings. The van der Waals surface area contributed by atoms with Crippen molar-refractivity contribution in [2.24, 2.45) is 0 Å². The minimum atomic E-state index is -0.283. The molecular formula is C27H41N5O6. The van der Waals surface area contributed by atoms with Crippen LogP contribution in [0.15, 0.2) is 42.7 Å². The molecule has 0 spiro atoms. The molecule has 38 heavy (non-hydrogen) atoms. The molecule has 1 atom stereocenters. The van der Waals surface area contributed by atoms with Gasteiger partial charge in [0.25, 0.3) is 0 Å². The van der Waals surface area contributed by atoms with E-state index in [2.05, 4.69) is 25.4 Å². The number of amides is 2. The third-order valence-electron chi connectivity index (χ3n) is 6.04. The Morgan fingerprint density at radius 2 is 1.71 bits per heavy atom. The minimum Gasteiger partial charge on any atom is -0.491 e. The van der Waals surface area contributed by atoms with Gasteiger partial charge in [-0.3, -0.25) is 4.98 Å². The van der Waals surface area contributed by atoms with E-state index in [1.807, 2.05) is 44.4 Å². The Kier molecular flexibility index (Phi) is 13.1. The van der Waals surface area contributed by atoms with E-state index in [4.69, 9.17) is 23.7 Å². The second-order valence-electron chi connectivity index (χ2n) is 8.94. The predicted octanol–water partition coefficient (Wildman–Crippen LogP) is 2.40. The Morgan fingerprint density at radius 3 is 2.39 bits per heavy atom. The van der Waals surface area contributed by atoms with Gasteiger partial charge in [0.1, 0.15) is 12.4 Å². The summed E-state index contributed by atoms with van der Waals surface area (Å²) in [6.07, 6.45) is 3.52. The fraction of sp³-hybridized carbons (Fsp3) is 0.556. The van der Waals surface area contributed by atoms with Crippen LogP contribution in [-0.4, -0.2) is 110 Å². The van der Waals surface area contributed by atoms with Gasteiger partial charge >= 0.3 is 6.03 Å². The van der Waals surface area contributed by atoms with Gasteiger partial charge < -0.3 is 44.1 Å². The molecule has 1 aliphatic rings. The number of benzene rings is 1. The molecule has 1 aromatic carbocycles. The zero-order chi connectivity index (χ0) is 27.0. The number of morpholine rings is 1. The normalized spacial score (nSPS) is 14.4. The molecule has 0 saturated carbocycles. The highest BCUT2D eigenvalue weighted by atomic mass is 16.6. The fourth-order valence-corrected chi connectivity index (χ4v) is 4.01. The van der Waals surface area contributed by atoms with Crippen LogP contribution in [0.4, 0.5) is 16.2 Å². The molecule has 3 rings (SSSR count). The zero-order valence-electron chi connectivity index (χ0n) is 22.7. The smallest absolute Gasteiger partial charge is 0.319 e. The van der Waals surface area contributed by atoms with Crippen LogP contribution in [0.1, 0.15) is 11.6 Å². The topological polar surface area (TPSA) is 107 Å². The van der Waals surface area contributed by atoms with Crippen LogP contribution < -0.4 is 20.3 Å². The van der Waals surface area contributed by atoms with Crippen LogP contribution >= 0.6 is 0 Å². The maximum Gasteiger partial charge on any atom is 0.319 e. The summed E-state index contributed by atoms with van der Waals surface area (Å²) in [6, 6.07) is 9.38. The van der Waals surface area contributed by atoms with Crippen molar-refractivity contribution in [3.8, 4) is 5.75 Å². The van der Waals surface area contributed by atoms with Gasteiger partial charge in [0.2, 0.25) is 0 Å². The lowest BCUT2D eigenvalue weighted by Crippen LogP contribution is -2.39. The second-order valence-corrected chi connectivity index (χ2v) is 8.94. The first-order chi connectivity index (χ1) is 18.6. The molecule has 1 aliphatic heterocycles. The molecule has 2 amide bonds. The number of likely N-dealkylation sites (N-methyl/N-ethyl adjacent to an activating group) is 1. The Bertz CT molecular complexity index is 943.